The van der Waals surface area contributed by atoms with Gasteiger partial charge in [-0.1, -0.05) is 13.8 Å². The fraction of sp³-hybridized carbons (Fsp3) is 0.833. The second kappa shape index (κ2) is 4.85. The Bertz CT molecular complexity index is 350. The van der Waals surface area contributed by atoms with Gasteiger partial charge in [0, 0.05) is 5.41 Å². The molecule has 1 aliphatic rings. The number of aliphatic carboxylic acids is 1. The van der Waals surface area contributed by atoms with Gasteiger partial charge in [-0.05, 0) is 20.8 Å². The summed E-state index contributed by atoms with van der Waals surface area (Å²) < 4.78 is 11.1. The lowest BCUT2D eigenvalue weighted by Crippen LogP contribution is -2.58. The van der Waals surface area contributed by atoms with Gasteiger partial charge in [-0.2, -0.15) is 0 Å². The minimum Gasteiger partial charge on any atom is -0.480 e. The van der Waals surface area contributed by atoms with Crippen LogP contribution in [0.2, 0.25) is 0 Å². The maximum atomic E-state index is 12.1. The first-order valence-electron chi connectivity index (χ1n) is 5.90. The molecule has 0 aromatic carbocycles. The Hall–Kier alpha value is -1.14. The number of carboxylic acid groups (broad SMARTS) is 1. The summed E-state index contributed by atoms with van der Waals surface area (Å²) in [6.07, 6.45) is -0.733. The smallest absolute Gasteiger partial charge is 0.325 e. The molecule has 2 N–H and O–H groups in total. The first-order valence-corrected chi connectivity index (χ1v) is 5.90. The van der Waals surface area contributed by atoms with Crippen LogP contribution in [0, 0.1) is 5.41 Å². The minimum absolute atomic E-state index is 0.375. The molecule has 0 spiro atoms. The van der Waals surface area contributed by atoms with E-state index in [4.69, 9.17) is 14.6 Å². The van der Waals surface area contributed by atoms with Gasteiger partial charge in [0.2, 0.25) is 0 Å². The van der Waals surface area contributed by atoms with Gasteiger partial charge < -0.3 is 19.9 Å². The van der Waals surface area contributed by atoms with Gasteiger partial charge in [0.05, 0.1) is 6.61 Å². The van der Waals surface area contributed by atoms with E-state index in [9.17, 15) is 9.59 Å². The summed E-state index contributed by atoms with van der Waals surface area (Å²) in [5.74, 6) is -2.34. The highest BCUT2D eigenvalue weighted by atomic mass is 16.7. The molecule has 0 aromatic rings. The monoisotopic (exact) mass is 259 g/mol. The predicted molar refractivity (Wildman–Crippen MR) is 63.9 cm³/mol. The van der Waals surface area contributed by atoms with Crippen LogP contribution in [0.25, 0.3) is 0 Å². The molecule has 1 rings (SSSR count). The summed E-state index contributed by atoms with van der Waals surface area (Å²) in [5.41, 5.74) is -0.502. The number of nitrogens with one attached hydrogen (secondary N) is 1. The third-order valence-electron chi connectivity index (χ3n) is 2.87. The normalized spacial score (nSPS) is 27.3. The molecule has 6 heteroatoms. The molecular formula is C12H21NO5. The zero-order valence-electron chi connectivity index (χ0n) is 11.4. The fourth-order valence-corrected chi connectivity index (χ4v) is 1.67. The van der Waals surface area contributed by atoms with Crippen molar-refractivity contribution in [1.82, 2.24) is 5.32 Å². The van der Waals surface area contributed by atoms with Crippen molar-refractivity contribution < 1.29 is 24.2 Å². The van der Waals surface area contributed by atoms with Crippen molar-refractivity contribution in [3.63, 3.8) is 0 Å². The molecule has 0 aliphatic carbocycles. The number of carboxylic acids is 1. The highest BCUT2D eigenvalue weighted by Crippen LogP contribution is 2.34. The number of carbonyl (C=O) groups is 2. The van der Waals surface area contributed by atoms with Crippen LogP contribution < -0.4 is 5.32 Å². The van der Waals surface area contributed by atoms with E-state index in [2.05, 4.69) is 5.32 Å². The zero-order chi connectivity index (χ0) is 14.1. The highest BCUT2D eigenvalue weighted by molar-refractivity contribution is 5.86. The van der Waals surface area contributed by atoms with Crippen molar-refractivity contribution >= 4 is 11.9 Å². The van der Waals surface area contributed by atoms with Crippen LogP contribution in [0.5, 0.6) is 0 Å². The molecule has 1 amide bonds. The number of carbonyl (C=O) groups excluding carboxylic acids is 1. The van der Waals surface area contributed by atoms with E-state index >= 15 is 0 Å². The number of rotatable bonds is 3. The Labute approximate surface area is 107 Å². The largest absolute Gasteiger partial charge is 0.480 e. The molecule has 2 atom stereocenters. The van der Waals surface area contributed by atoms with Gasteiger partial charge in [0.1, 0.15) is 12.1 Å². The molecule has 1 fully saturated rings. The minimum atomic E-state index is -1.08. The molecule has 0 radical (unpaired) electrons. The van der Waals surface area contributed by atoms with Gasteiger partial charge >= 0.3 is 5.97 Å². The molecule has 1 aliphatic heterocycles. The van der Waals surface area contributed by atoms with Crippen molar-refractivity contribution in [2.24, 2.45) is 5.41 Å². The summed E-state index contributed by atoms with van der Waals surface area (Å²) in [7, 11) is 0. The van der Waals surface area contributed by atoms with Gasteiger partial charge in [-0.25, -0.2) is 0 Å². The number of amides is 1. The van der Waals surface area contributed by atoms with Crippen LogP contribution in [0.1, 0.15) is 34.6 Å². The molecule has 1 saturated heterocycles. The Morgan fingerprint density at radius 2 is 1.89 bits per heavy atom. The lowest BCUT2D eigenvalue weighted by Gasteiger charge is -2.44. The van der Waals surface area contributed by atoms with Crippen LogP contribution in [0.3, 0.4) is 0 Å². The predicted octanol–water partition coefficient (Wildman–Crippen LogP) is 0.753. The van der Waals surface area contributed by atoms with Crippen molar-refractivity contribution in [1.29, 1.82) is 0 Å². The van der Waals surface area contributed by atoms with E-state index in [1.165, 1.54) is 6.92 Å². The van der Waals surface area contributed by atoms with Gasteiger partial charge in [0.25, 0.3) is 5.91 Å². The van der Waals surface area contributed by atoms with E-state index in [1.54, 1.807) is 13.8 Å². The van der Waals surface area contributed by atoms with Crippen LogP contribution >= 0.6 is 0 Å². The molecule has 6 nitrogen and oxygen atoms in total. The van der Waals surface area contributed by atoms with E-state index < -0.39 is 35.2 Å². The van der Waals surface area contributed by atoms with Crippen molar-refractivity contribution in [2.75, 3.05) is 6.61 Å². The Balaban J connectivity index is 2.78. The van der Waals surface area contributed by atoms with E-state index in [0.717, 1.165) is 0 Å². The van der Waals surface area contributed by atoms with E-state index in [-0.39, 0.29) is 0 Å². The second-order valence-electron chi connectivity index (χ2n) is 5.74. The average molecular weight is 259 g/mol. The van der Waals surface area contributed by atoms with Crippen LogP contribution in [-0.2, 0) is 19.1 Å². The molecule has 0 bridgehead atoms. The molecule has 1 unspecified atom stereocenters. The first-order chi connectivity index (χ1) is 8.05. The molecule has 0 saturated carbocycles. The molecule has 104 valence electrons. The molecule has 18 heavy (non-hydrogen) atoms. The lowest BCUT2D eigenvalue weighted by atomic mass is 9.85. The van der Waals surface area contributed by atoms with E-state index in [1.807, 2.05) is 13.8 Å². The Morgan fingerprint density at radius 1 is 1.33 bits per heavy atom. The summed E-state index contributed by atoms with van der Waals surface area (Å²) in [6, 6.07) is -0.942. The number of ether oxygens (including phenoxy) is 2. The summed E-state index contributed by atoms with van der Waals surface area (Å²) in [6.45, 7) is 8.93. The quantitative estimate of drug-likeness (QED) is 0.781. The van der Waals surface area contributed by atoms with E-state index in [0.29, 0.717) is 6.61 Å². The zero-order valence-corrected chi connectivity index (χ0v) is 11.4. The topological polar surface area (TPSA) is 84.9 Å². The summed E-state index contributed by atoms with van der Waals surface area (Å²) in [5, 5.41) is 11.2. The van der Waals surface area contributed by atoms with Gasteiger partial charge in [-0.3, -0.25) is 9.59 Å². The van der Waals surface area contributed by atoms with Crippen molar-refractivity contribution in [2.45, 2.75) is 52.6 Å². The SMILES string of the molecule is C[C@H](NC(=O)C1OC(C)(C)OCC1(C)C)C(=O)O. The van der Waals surface area contributed by atoms with Gasteiger partial charge in [-0.15, -0.1) is 0 Å². The summed E-state index contributed by atoms with van der Waals surface area (Å²) >= 11 is 0. The maximum Gasteiger partial charge on any atom is 0.325 e. The first kappa shape index (κ1) is 14.9. The highest BCUT2D eigenvalue weighted by Gasteiger charge is 2.46. The average Bonchev–Trinajstić information content (AvgIpc) is 2.22. The van der Waals surface area contributed by atoms with Crippen LogP contribution in [-0.4, -0.2) is 41.5 Å². The molecular weight excluding hydrogens is 238 g/mol. The number of hydrogen-bond acceptors (Lipinski definition) is 4. The number of hydrogen-bond donors (Lipinski definition) is 2. The standard InChI is InChI=1S/C12H21NO5/c1-7(10(15)16)13-9(14)8-11(2,3)6-17-12(4,5)18-8/h7-8H,6H2,1-5H3,(H,13,14)(H,15,16)/t7-,8?/m0/s1. The second-order valence-corrected chi connectivity index (χ2v) is 5.74. The van der Waals surface area contributed by atoms with Crippen LogP contribution in [0.15, 0.2) is 0 Å². The third kappa shape index (κ3) is 3.43. The van der Waals surface area contributed by atoms with Crippen LogP contribution in [0.4, 0.5) is 0 Å². The third-order valence-corrected chi connectivity index (χ3v) is 2.87. The molecule has 0 aromatic heterocycles. The van der Waals surface area contributed by atoms with Crippen molar-refractivity contribution in [3.05, 3.63) is 0 Å². The lowest BCUT2D eigenvalue weighted by molar-refractivity contribution is -0.304. The molecule has 1 heterocycles. The van der Waals surface area contributed by atoms with Crippen molar-refractivity contribution in [3.8, 4) is 0 Å². The summed E-state index contributed by atoms with van der Waals surface area (Å²) in [4.78, 5) is 22.8. The maximum absolute atomic E-state index is 12.1. The Kier molecular flexibility index (Phi) is 4.02. The van der Waals surface area contributed by atoms with Gasteiger partial charge in [0.15, 0.2) is 5.79 Å². The Morgan fingerprint density at radius 3 is 2.39 bits per heavy atom. The fourth-order valence-electron chi connectivity index (χ4n) is 1.67.